The molecule has 1 fully saturated rings. The molecule has 1 aromatic rings. The summed E-state index contributed by atoms with van der Waals surface area (Å²) in [6.45, 7) is 9.09. The first-order chi connectivity index (χ1) is 12.0. The van der Waals surface area contributed by atoms with Crippen LogP contribution in [0.15, 0.2) is 24.3 Å². The summed E-state index contributed by atoms with van der Waals surface area (Å²) in [6, 6.07) is 7.87. The van der Waals surface area contributed by atoms with Crippen LogP contribution in [0, 0.1) is 5.92 Å². The van der Waals surface area contributed by atoms with Crippen molar-refractivity contribution in [2.45, 2.75) is 19.9 Å². The van der Waals surface area contributed by atoms with Crippen LogP contribution in [0.5, 0.6) is 5.75 Å². The zero-order valence-corrected chi connectivity index (χ0v) is 15.6. The lowest BCUT2D eigenvalue weighted by atomic mass is 9.96. The van der Waals surface area contributed by atoms with Crippen LogP contribution < -0.4 is 10.1 Å². The van der Waals surface area contributed by atoms with Gasteiger partial charge in [0.05, 0.1) is 26.3 Å². The minimum Gasteiger partial charge on any atom is -0.497 e. The molecule has 0 radical (unpaired) electrons. The number of ether oxygens (including phenoxy) is 1. The van der Waals surface area contributed by atoms with Crippen molar-refractivity contribution in [1.29, 1.82) is 0 Å². The minimum absolute atomic E-state index is 0.00548. The minimum atomic E-state index is -0.00548. The summed E-state index contributed by atoms with van der Waals surface area (Å²) in [5.41, 5.74) is 1.09. The van der Waals surface area contributed by atoms with E-state index in [1.807, 2.05) is 24.3 Å². The Morgan fingerprint density at radius 3 is 2.28 bits per heavy atom. The normalized spacial score (nSPS) is 17.5. The largest absolute Gasteiger partial charge is 0.497 e. The Hall–Kier alpha value is -1.63. The lowest BCUT2D eigenvalue weighted by Crippen LogP contribution is -2.50. The highest BCUT2D eigenvalue weighted by atomic mass is 16.5. The average Bonchev–Trinajstić information content (AvgIpc) is 2.61. The smallest absolute Gasteiger partial charge is 0.234 e. The first-order valence-electron chi connectivity index (χ1n) is 9.02. The van der Waals surface area contributed by atoms with Crippen molar-refractivity contribution in [1.82, 2.24) is 15.1 Å². The van der Waals surface area contributed by atoms with Crippen molar-refractivity contribution in [2.75, 3.05) is 53.0 Å². The van der Waals surface area contributed by atoms with E-state index in [-0.39, 0.29) is 18.6 Å². The third kappa shape index (κ3) is 5.99. The Kier molecular flexibility index (Phi) is 7.68. The van der Waals surface area contributed by atoms with Crippen LogP contribution in [-0.4, -0.2) is 73.8 Å². The van der Waals surface area contributed by atoms with Crippen molar-refractivity contribution in [3.05, 3.63) is 29.8 Å². The van der Waals surface area contributed by atoms with Gasteiger partial charge in [0, 0.05) is 32.7 Å². The van der Waals surface area contributed by atoms with Crippen LogP contribution in [0.25, 0.3) is 0 Å². The standard InChI is InChI=1S/C19H31N3O3/c1-15(2)19(16-4-6-17(25-3)7-5-16)20-18(24)14-22-10-8-21(9-11-22)12-13-23/h4-7,15,19,23H,8-14H2,1-3H3,(H,20,24). The zero-order valence-electron chi connectivity index (χ0n) is 15.6. The number of nitrogens with one attached hydrogen (secondary N) is 1. The van der Waals surface area contributed by atoms with Gasteiger partial charge in [0.2, 0.25) is 5.91 Å². The van der Waals surface area contributed by atoms with Crippen LogP contribution in [0.3, 0.4) is 0 Å². The molecule has 1 unspecified atom stereocenters. The van der Waals surface area contributed by atoms with Gasteiger partial charge in [-0.1, -0.05) is 26.0 Å². The van der Waals surface area contributed by atoms with E-state index >= 15 is 0 Å². The fourth-order valence-corrected chi connectivity index (χ4v) is 3.18. The number of amides is 1. The Balaban J connectivity index is 1.88. The number of carbonyl (C=O) groups is 1. The van der Waals surface area contributed by atoms with E-state index in [1.165, 1.54) is 0 Å². The van der Waals surface area contributed by atoms with Crippen LogP contribution in [0.1, 0.15) is 25.5 Å². The molecule has 1 aliphatic heterocycles. The fourth-order valence-electron chi connectivity index (χ4n) is 3.18. The predicted octanol–water partition coefficient (Wildman–Crippen LogP) is 1.12. The number of aliphatic hydroxyl groups excluding tert-OH is 1. The predicted molar refractivity (Wildman–Crippen MR) is 98.7 cm³/mol. The van der Waals surface area contributed by atoms with Gasteiger partial charge in [0.15, 0.2) is 0 Å². The maximum Gasteiger partial charge on any atom is 0.234 e. The van der Waals surface area contributed by atoms with Gasteiger partial charge in [-0.25, -0.2) is 0 Å². The highest BCUT2D eigenvalue weighted by Crippen LogP contribution is 2.23. The number of hydrogen-bond donors (Lipinski definition) is 2. The molecule has 1 saturated heterocycles. The number of hydrogen-bond acceptors (Lipinski definition) is 5. The number of carbonyl (C=O) groups excluding carboxylic acids is 1. The quantitative estimate of drug-likeness (QED) is 0.736. The highest BCUT2D eigenvalue weighted by Gasteiger charge is 2.22. The number of methoxy groups -OCH3 is 1. The summed E-state index contributed by atoms with van der Waals surface area (Å²) in [5, 5.41) is 12.2. The summed E-state index contributed by atoms with van der Waals surface area (Å²) >= 11 is 0. The van der Waals surface area contributed by atoms with E-state index < -0.39 is 0 Å². The monoisotopic (exact) mass is 349 g/mol. The number of nitrogens with zero attached hydrogens (tertiary/aromatic N) is 2. The van der Waals surface area contributed by atoms with Gasteiger partial charge in [-0.3, -0.25) is 14.6 Å². The molecule has 1 aromatic carbocycles. The number of aliphatic hydroxyl groups is 1. The number of benzene rings is 1. The third-order valence-corrected chi connectivity index (χ3v) is 4.71. The Bertz CT molecular complexity index is 525. The van der Waals surface area contributed by atoms with E-state index in [2.05, 4.69) is 29.0 Å². The Labute approximate surface area is 150 Å². The maximum absolute atomic E-state index is 12.5. The average molecular weight is 349 g/mol. The molecule has 0 spiro atoms. The molecule has 0 saturated carbocycles. The maximum atomic E-state index is 12.5. The third-order valence-electron chi connectivity index (χ3n) is 4.71. The molecule has 2 N–H and O–H groups in total. The topological polar surface area (TPSA) is 65.0 Å². The SMILES string of the molecule is COc1ccc(C(NC(=O)CN2CCN(CCO)CC2)C(C)C)cc1. The number of rotatable bonds is 8. The second-order valence-electron chi connectivity index (χ2n) is 6.90. The molecular formula is C19H31N3O3. The van der Waals surface area contributed by atoms with Gasteiger partial charge in [-0.2, -0.15) is 0 Å². The Morgan fingerprint density at radius 1 is 1.16 bits per heavy atom. The number of β-amino-alcohol motifs (C(OH)–C–C–N with tert-alkyl or cyclic N) is 1. The number of piperazine rings is 1. The summed E-state index contributed by atoms with van der Waals surface area (Å²) in [4.78, 5) is 16.9. The molecule has 1 amide bonds. The van der Waals surface area contributed by atoms with Crippen LogP contribution in [0.2, 0.25) is 0 Å². The van der Waals surface area contributed by atoms with E-state index in [1.54, 1.807) is 7.11 Å². The van der Waals surface area contributed by atoms with Gasteiger partial charge < -0.3 is 15.2 Å². The van der Waals surface area contributed by atoms with E-state index in [0.717, 1.165) is 37.5 Å². The molecule has 0 bridgehead atoms. The van der Waals surface area contributed by atoms with Crippen molar-refractivity contribution in [3.63, 3.8) is 0 Å². The molecular weight excluding hydrogens is 318 g/mol. The van der Waals surface area contributed by atoms with Crippen molar-refractivity contribution in [3.8, 4) is 5.75 Å². The van der Waals surface area contributed by atoms with Gasteiger partial charge >= 0.3 is 0 Å². The van der Waals surface area contributed by atoms with Crippen molar-refractivity contribution < 1.29 is 14.6 Å². The molecule has 140 valence electrons. The van der Waals surface area contributed by atoms with E-state index in [9.17, 15) is 4.79 Å². The van der Waals surface area contributed by atoms with E-state index in [0.29, 0.717) is 19.0 Å². The first kappa shape index (κ1) is 19.7. The fraction of sp³-hybridized carbons (Fsp3) is 0.632. The molecule has 0 aromatic heterocycles. The van der Waals surface area contributed by atoms with Gasteiger partial charge in [0.1, 0.15) is 5.75 Å². The van der Waals surface area contributed by atoms with Gasteiger partial charge in [0.25, 0.3) is 0 Å². The second kappa shape index (κ2) is 9.75. The molecule has 6 nitrogen and oxygen atoms in total. The summed E-state index contributed by atoms with van der Waals surface area (Å²) < 4.78 is 5.20. The molecule has 0 aliphatic carbocycles. The van der Waals surface area contributed by atoms with Crippen LogP contribution >= 0.6 is 0 Å². The molecule has 6 heteroatoms. The molecule has 2 rings (SSSR count). The lowest BCUT2D eigenvalue weighted by molar-refractivity contribution is -0.123. The van der Waals surface area contributed by atoms with Crippen molar-refractivity contribution in [2.24, 2.45) is 5.92 Å². The first-order valence-corrected chi connectivity index (χ1v) is 9.02. The summed E-state index contributed by atoms with van der Waals surface area (Å²) in [5.74, 6) is 1.18. The summed E-state index contributed by atoms with van der Waals surface area (Å²) in [7, 11) is 1.65. The van der Waals surface area contributed by atoms with Gasteiger partial charge in [-0.15, -0.1) is 0 Å². The molecule has 1 aliphatic rings. The lowest BCUT2D eigenvalue weighted by Gasteiger charge is -2.34. The molecule has 1 heterocycles. The van der Waals surface area contributed by atoms with E-state index in [4.69, 9.17) is 9.84 Å². The van der Waals surface area contributed by atoms with Crippen molar-refractivity contribution >= 4 is 5.91 Å². The second-order valence-corrected chi connectivity index (χ2v) is 6.90. The zero-order chi connectivity index (χ0) is 18.2. The van der Waals surface area contributed by atoms with Crippen LogP contribution in [-0.2, 0) is 4.79 Å². The molecule has 25 heavy (non-hydrogen) atoms. The van der Waals surface area contributed by atoms with Gasteiger partial charge in [-0.05, 0) is 23.6 Å². The van der Waals surface area contributed by atoms with Crippen LogP contribution in [0.4, 0.5) is 0 Å². The summed E-state index contributed by atoms with van der Waals surface area (Å²) in [6.07, 6.45) is 0. The Morgan fingerprint density at radius 2 is 1.76 bits per heavy atom. The highest BCUT2D eigenvalue weighted by molar-refractivity contribution is 5.78. The molecule has 1 atom stereocenters.